The summed E-state index contributed by atoms with van der Waals surface area (Å²) >= 11 is 5.22. The van der Waals surface area contributed by atoms with E-state index >= 15 is 0 Å². The normalized spacial score (nSPS) is 11.9. The van der Waals surface area contributed by atoms with Gasteiger partial charge in [-0.3, -0.25) is 0 Å². The van der Waals surface area contributed by atoms with E-state index in [1.165, 1.54) is 5.56 Å². The van der Waals surface area contributed by atoms with Gasteiger partial charge in [-0.15, -0.1) is 0 Å². The first-order valence-electron chi connectivity index (χ1n) is 5.82. The van der Waals surface area contributed by atoms with E-state index in [9.17, 15) is 0 Å². The van der Waals surface area contributed by atoms with E-state index in [4.69, 9.17) is 17.0 Å². The average Bonchev–Trinajstić information content (AvgIpc) is 2.36. The first-order chi connectivity index (χ1) is 8.24. The second kappa shape index (κ2) is 8.03. The average molecular weight is 252 g/mol. The summed E-state index contributed by atoms with van der Waals surface area (Å²) in [6, 6.07) is 10.5. The van der Waals surface area contributed by atoms with Crippen LogP contribution in [0.5, 0.6) is 0 Å². The molecule has 1 unspecified atom stereocenters. The van der Waals surface area contributed by atoms with E-state index in [2.05, 4.69) is 29.7 Å². The smallest absolute Gasteiger partial charge is 0.166 e. The van der Waals surface area contributed by atoms with Gasteiger partial charge >= 0.3 is 0 Å². The largest absolute Gasteiger partial charge is 0.385 e. The minimum Gasteiger partial charge on any atom is -0.385 e. The standard InChI is InChI=1S/C13H20N2OS/c1-11(12-7-4-3-5-8-12)15-13(17)14-9-6-10-16-2/h3-5,7-8,11H,6,9-10H2,1-2H3,(H2,14,15,17). The lowest BCUT2D eigenvalue weighted by atomic mass is 10.1. The van der Waals surface area contributed by atoms with Crippen molar-refractivity contribution in [3.63, 3.8) is 0 Å². The fraction of sp³-hybridized carbons (Fsp3) is 0.462. The van der Waals surface area contributed by atoms with Crippen LogP contribution in [0.1, 0.15) is 24.9 Å². The van der Waals surface area contributed by atoms with E-state index in [0.29, 0.717) is 5.11 Å². The highest BCUT2D eigenvalue weighted by atomic mass is 32.1. The molecule has 4 heteroatoms. The predicted molar refractivity (Wildman–Crippen MR) is 75.1 cm³/mol. The molecule has 94 valence electrons. The van der Waals surface area contributed by atoms with Crippen LogP contribution in [-0.2, 0) is 4.74 Å². The van der Waals surface area contributed by atoms with Gasteiger partial charge in [-0.05, 0) is 31.1 Å². The molecule has 2 N–H and O–H groups in total. The second-order valence-corrected chi connectivity index (χ2v) is 4.29. The Morgan fingerprint density at radius 1 is 1.35 bits per heavy atom. The van der Waals surface area contributed by atoms with Crippen molar-refractivity contribution in [3.8, 4) is 0 Å². The Morgan fingerprint density at radius 2 is 2.06 bits per heavy atom. The summed E-state index contributed by atoms with van der Waals surface area (Å²) in [4.78, 5) is 0. The van der Waals surface area contributed by atoms with Crippen LogP contribution in [0, 0.1) is 0 Å². The molecule has 1 aromatic rings. The van der Waals surface area contributed by atoms with Gasteiger partial charge < -0.3 is 15.4 Å². The third kappa shape index (κ3) is 5.65. The summed E-state index contributed by atoms with van der Waals surface area (Å²) in [6.07, 6.45) is 0.956. The lowest BCUT2D eigenvalue weighted by molar-refractivity contribution is 0.195. The minimum absolute atomic E-state index is 0.221. The van der Waals surface area contributed by atoms with E-state index in [1.54, 1.807) is 7.11 Å². The first-order valence-corrected chi connectivity index (χ1v) is 6.23. The Bertz CT molecular complexity index is 329. The monoisotopic (exact) mass is 252 g/mol. The van der Waals surface area contributed by atoms with Crippen molar-refractivity contribution >= 4 is 17.3 Å². The molecule has 0 aliphatic rings. The van der Waals surface area contributed by atoms with Gasteiger partial charge in [0.2, 0.25) is 0 Å². The van der Waals surface area contributed by atoms with Gasteiger partial charge in [-0.25, -0.2) is 0 Å². The number of hydrogen-bond donors (Lipinski definition) is 2. The molecule has 0 amide bonds. The van der Waals surface area contributed by atoms with Crippen molar-refractivity contribution in [2.45, 2.75) is 19.4 Å². The molecule has 0 aliphatic carbocycles. The molecule has 1 aromatic carbocycles. The van der Waals surface area contributed by atoms with Gasteiger partial charge in [0.05, 0.1) is 6.04 Å². The van der Waals surface area contributed by atoms with Crippen LogP contribution in [0.2, 0.25) is 0 Å². The van der Waals surface area contributed by atoms with Crippen molar-refractivity contribution in [3.05, 3.63) is 35.9 Å². The van der Waals surface area contributed by atoms with Crippen molar-refractivity contribution in [1.29, 1.82) is 0 Å². The molecule has 0 radical (unpaired) electrons. The Morgan fingerprint density at radius 3 is 2.71 bits per heavy atom. The van der Waals surface area contributed by atoms with Gasteiger partial charge in [0.25, 0.3) is 0 Å². The van der Waals surface area contributed by atoms with Crippen LogP contribution in [0.4, 0.5) is 0 Å². The highest BCUT2D eigenvalue weighted by Gasteiger charge is 2.05. The van der Waals surface area contributed by atoms with Gasteiger partial charge in [-0.2, -0.15) is 0 Å². The molecule has 0 aromatic heterocycles. The van der Waals surface area contributed by atoms with Crippen LogP contribution in [-0.4, -0.2) is 25.4 Å². The number of benzene rings is 1. The van der Waals surface area contributed by atoms with E-state index < -0.39 is 0 Å². The zero-order chi connectivity index (χ0) is 12.5. The van der Waals surface area contributed by atoms with Crippen molar-refractivity contribution in [1.82, 2.24) is 10.6 Å². The molecule has 0 spiro atoms. The number of thiocarbonyl (C=S) groups is 1. The minimum atomic E-state index is 0.221. The maximum Gasteiger partial charge on any atom is 0.166 e. The van der Waals surface area contributed by atoms with E-state index in [0.717, 1.165) is 19.6 Å². The molecule has 1 rings (SSSR count). The summed E-state index contributed by atoms with van der Waals surface area (Å²) in [7, 11) is 1.70. The molecule has 1 atom stereocenters. The first kappa shape index (κ1) is 13.9. The van der Waals surface area contributed by atoms with E-state index in [-0.39, 0.29) is 6.04 Å². The molecule has 0 aliphatic heterocycles. The highest BCUT2D eigenvalue weighted by Crippen LogP contribution is 2.10. The summed E-state index contributed by atoms with van der Waals surface area (Å²) in [5.74, 6) is 0. The molecular formula is C13H20N2OS. The highest BCUT2D eigenvalue weighted by molar-refractivity contribution is 7.80. The number of ether oxygens (including phenoxy) is 1. The Balaban J connectivity index is 2.26. The van der Waals surface area contributed by atoms with Crippen LogP contribution in [0.25, 0.3) is 0 Å². The zero-order valence-corrected chi connectivity index (χ0v) is 11.2. The molecule has 0 fully saturated rings. The molecule has 0 saturated carbocycles. The quantitative estimate of drug-likeness (QED) is 0.601. The SMILES string of the molecule is COCCCNC(=S)NC(C)c1ccccc1. The van der Waals surface area contributed by atoms with Crippen LogP contribution in [0.15, 0.2) is 30.3 Å². The number of rotatable bonds is 6. The zero-order valence-electron chi connectivity index (χ0n) is 10.4. The molecule has 17 heavy (non-hydrogen) atoms. The molecule has 0 saturated heterocycles. The van der Waals surface area contributed by atoms with Gasteiger partial charge in [0, 0.05) is 20.3 Å². The molecule has 0 heterocycles. The van der Waals surface area contributed by atoms with E-state index in [1.807, 2.05) is 18.2 Å². The van der Waals surface area contributed by atoms with Crippen molar-refractivity contribution in [2.75, 3.05) is 20.3 Å². The third-order valence-corrected chi connectivity index (χ3v) is 2.72. The Labute approximate surface area is 109 Å². The number of methoxy groups -OCH3 is 1. The van der Waals surface area contributed by atoms with Gasteiger partial charge in [0.1, 0.15) is 0 Å². The maximum absolute atomic E-state index is 5.22. The number of nitrogens with one attached hydrogen (secondary N) is 2. The fourth-order valence-electron chi connectivity index (χ4n) is 1.49. The summed E-state index contributed by atoms with van der Waals surface area (Å²) in [6.45, 7) is 3.68. The molecule has 0 bridgehead atoms. The van der Waals surface area contributed by atoms with Crippen LogP contribution < -0.4 is 10.6 Å². The summed E-state index contributed by atoms with van der Waals surface area (Å²) in [5.41, 5.74) is 1.23. The lowest BCUT2D eigenvalue weighted by Crippen LogP contribution is -2.37. The Hall–Kier alpha value is -1.13. The summed E-state index contributed by atoms with van der Waals surface area (Å²) in [5, 5.41) is 7.10. The maximum atomic E-state index is 5.22. The predicted octanol–water partition coefficient (Wildman–Crippen LogP) is 2.25. The van der Waals surface area contributed by atoms with Crippen molar-refractivity contribution < 1.29 is 4.74 Å². The molecular weight excluding hydrogens is 232 g/mol. The van der Waals surface area contributed by atoms with Gasteiger partial charge in [0.15, 0.2) is 5.11 Å². The molecule has 3 nitrogen and oxygen atoms in total. The fourth-order valence-corrected chi connectivity index (χ4v) is 1.77. The Kier molecular flexibility index (Phi) is 6.58. The van der Waals surface area contributed by atoms with Gasteiger partial charge in [-0.1, -0.05) is 30.3 Å². The van der Waals surface area contributed by atoms with Crippen LogP contribution in [0.3, 0.4) is 0 Å². The summed E-state index contributed by atoms with van der Waals surface area (Å²) < 4.78 is 4.97. The third-order valence-electron chi connectivity index (χ3n) is 2.46. The topological polar surface area (TPSA) is 33.3 Å². The van der Waals surface area contributed by atoms with Crippen molar-refractivity contribution in [2.24, 2.45) is 0 Å². The van der Waals surface area contributed by atoms with Crippen LogP contribution >= 0.6 is 12.2 Å². The number of hydrogen-bond acceptors (Lipinski definition) is 2. The lowest BCUT2D eigenvalue weighted by Gasteiger charge is -2.17. The second-order valence-electron chi connectivity index (χ2n) is 3.88.